The highest BCUT2D eigenvalue weighted by molar-refractivity contribution is 5.76. The number of hydrogen-bond acceptors (Lipinski definition) is 8. The normalized spacial score (nSPS) is 18.7. The van der Waals surface area contributed by atoms with Gasteiger partial charge in [-0.3, -0.25) is 4.79 Å². The number of amides is 1. The Balaban J connectivity index is 2.12. The van der Waals surface area contributed by atoms with Gasteiger partial charge in [0.2, 0.25) is 5.91 Å². The van der Waals surface area contributed by atoms with Crippen molar-refractivity contribution >= 4 is 5.91 Å². The van der Waals surface area contributed by atoms with Gasteiger partial charge in [-0.05, 0) is 44.9 Å². The average molecular weight is 1100 g/mol. The first-order valence-corrected chi connectivity index (χ1v) is 34.6. The summed E-state index contributed by atoms with van der Waals surface area (Å²) in [7, 11) is 0. The van der Waals surface area contributed by atoms with Gasteiger partial charge in [0.05, 0.1) is 25.4 Å². The maximum Gasteiger partial charge on any atom is 0.220 e. The average Bonchev–Trinajstić information content (AvgIpc) is 3.45. The number of nitrogens with one attached hydrogen (secondary N) is 1. The number of carbonyl (C=O) groups is 1. The molecule has 9 heteroatoms. The van der Waals surface area contributed by atoms with Crippen molar-refractivity contribution in [2.24, 2.45) is 0 Å². The number of unbranched alkanes of at least 4 members (excludes halogenated alkanes) is 49. The molecule has 78 heavy (non-hydrogen) atoms. The minimum Gasteiger partial charge on any atom is -0.394 e. The molecule has 0 radical (unpaired) electrons. The zero-order valence-electron chi connectivity index (χ0n) is 51.7. The molecule has 1 saturated heterocycles. The molecule has 0 aromatic heterocycles. The lowest BCUT2D eigenvalue weighted by atomic mass is 9.99. The lowest BCUT2D eigenvalue weighted by molar-refractivity contribution is -0.302. The molecule has 462 valence electrons. The van der Waals surface area contributed by atoms with Crippen molar-refractivity contribution in [2.75, 3.05) is 13.2 Å². The lowest BCUT2D eigenvalue weighted by Crippen LogP contribution is -2.60. The Morgan fingerprint density at radius 2 is 0.718 bits per heavy atom. The van der Waals surface area contributed by atoms with E-state index in [9.17, 15) is 30.3 Å². The Bertz CT molecular complexity index is 1280. The lowest BCUT2D eigenvalue weighted by Gasteiger charge is -2.40. The van der Waals surface area contributed by atoms with Crippen LogP contribution in [0.5, 0.6) is 0 Å². The third-order valence-electron chi connectivity index (χ3n) is 16.8. The molecule has 1 aliphatic heterocycles. The van der Waals surface area contributed by atoms with E-state index in [1.54, 1.807) is 6.08 Å². The molecule has 1 amide bonds. The second-order valence-corrected chi connectivity index (χ2v) is 24.3. The van der Waals surface area contributed by atoms with Crippen LogP contribution in [0.15, 0.2) is 24.3 Å². The van der Waals surface area contributed by atoms with E-state index in [1.165, 1.54) is 295 Å². The molecular formula is C69H133NO8. The molecule has 1 aliphatic rings. The van der Waals surface area contributed by atoms with Crippen LogP contribution >= 0.6 is 0 Å². The van der Waals surface area contributed by atoms with Gasteiger partial charge in [0, 0.05) is 6.42 Å². The van der Waals surface area contributed by atoms with Gasteiger partial charge >= 0.3 is 0 Å². The van der Waals surface area contributed by atoms with Gasteiger partial charge in [-0.1, -0.05) is 327 Å². The van der Waals surface area contributed by atoms with Crippen LogP contribution < -0.4 is 5.32 Å². The molecule has 0 saturated carbocycles. The van der Waals surface area contributed by atoms with E-state index in [0.717, 1.165) is 38.5 Å². The summed E-state index contributed by atoms with van der Waals surface area (Å²) in [5.74, 6) is -0.171. The SMILES string of the molecule is CCCCCCCCCC/C=C\CCCCCCCCCCCCCC(=O)NC(COC1OC(CO)C(O)C(O)C1O)C(O)/C=C/CCCCCCCCCCCCCCCCCCCCCCCCCCCCCCCC. The molecule has 7 unspecified atom stereocenters. The molecule has 1 fully saturated rings. The van der Waals surface area contributed by atoms with Crippen LogP contribution in [0.3, 0.4) is 0 Å². The molecule has 0 spiro atoms. The first kappa shape index (κ1) is 74.7. The molecule has 0 aromatic carbocycles. The molecule has 7 atom stereocenters. The van der Waals surface area contributed by atoms with E-state index in [1.807, 2.05) is 6.08 Å². The predicted molar refractivity (Wildman–Crippen MR) is 332 cm³/mol. The largest absolute Gasteiger partial charge is 0.394 e. The zero-order valence-corrected chi connectivity index (χ0v) is 51.7. The van der Waals surface area contributed by atoms with Crippen molar-refractivity contribution in [3.05, 3.63) is 24.3 Å². The minimum atomic E-state index is -1.57. The third kappa shape index (κ3) is 47.2. The van der Waals surface area contributed by atoms with Crippen molar-refractivity contribution in [3.63, 3.8) is 0 Å². The fourth-order valence-electron chi connectivity index (χ4n) is 11.3. The van der Waals surface area contributed by atoms with Crippen LogP contribution in [0.4, 0.5) is 0 Å². The molecule has 6 N–H and O–H groups in total. The molecule has 1 heterocycles. The van der Waals surface area contributed by atoms with Crippen LogP contribution in [0.2, 0.25) is 0 Å². The maximum atomic E-state index is 13.1. The van der Waals surface area contributed by atoms with Crippen molar-refractivity contribution in [1.82, 2.24) is 5.32 Å². The monoisotopic (exact) mass is 1100 g/mol. The van der Waals surface area contributed by atoms with Crippen molar-refractivity contribution < 1.29 is 39.8 Å². The molecule has 0 aliphatic carbocycles. The van der Waals surface area contributed by atoms with Gasteiger partial charge in [-0.2, -0.15) is 0 Å². The summed E-state index contributed by atoms with van der Waals surface area (Å²) in [5, 5.41) is 54.7. The first-order valence-electron chi connectivity index (χ1n) is 34.6. The summed E-state index contributed by atoms with van der Waals surface area (Å²) in [5.41, 5.74) is 0. The number of ether oxygens (including phenoxy) is 2. The summed E-state index contributed by atoms with van der Waals surface area (Å²) in [6.07, 6.45) is 70.0. The summed E-state index contributed by atoms with van der Waals surface area (Å²) >= 11 is 0. The fourth-order valence-corrected chi connectivity index (χ4v) is 11.3. The van der Waals surface area contributed by atoms with E-state index in [4.69, 9.17) is 9.47 Å². The Kier molecular flexibility index (Phi) is 56.3. The van der Waals surface area contributed by atoms with Gasteiger partial charge in [0.15, 0.2) is 6.29 Å². The number of aliphatic hydroxyl groups is 5. The van der Waals surface area contributed by atoms with E-state index in [0.29, 0.717) is 6.42 Å². The highest BCUT2D eigenvalue weighted by Gasteiger charge is 2.44. The minimum absolute atomic E-state index is 0.171. The van der Waals surface area contributed by atoms with E-state index in [-0.39, 0.29) is 12.5 Å². The van der Waals surface area contributed by atoms with Gasteiger partial charge in [0.1, 0.15) is 24.4 Å². The Labute approximate surface area is 483 Å². The Morgan fingerprint density at radius 1 is 0.423 bits per heavy atom. The van der Waals surface area contributed by atoms with Crippen LogP contribution in [-0.2, 0) is 14.3 Å². The number of carbonyl (C=O) groups excluding carboxylic acids is 1. The number of allylic oxidation sites excluding steroid dienone is 3. The second kappa shape index (κ2) is 58.9. The third-order valence-corrected chi connectivity index (χ3v) is 16.8. The van der Waals surface area contributed by atoms with Gasteiger partial charge in [-0.25, -0.2) is 0 Å². The molecular weight excluding hydrogens is 971 g/mol. The topological polar surface area (TPSA) is 149 Å². The Hall–Kier alpha value is -1.33. The number of rotatable bonds is 61. The van der Waals surface area contributed by atoms with E-state index >= 15 is 0 Å². The summed E-state index contributed by atoms with van der Waals surface area (Å²) in [6.45, 7) is 3.83. The summed E-state index contributed by atoms with van der Waals surface area (Å²) in [6, 6.07) is -0.805. The van der Waals surface area contributed by atoms with Crippen molar-refractivity contribution in [3.8, 4) is 0 Å². The van der Waals surface area contributed by atoms with Gasteiger partial charge < -0.3 is 40.3 Å². The quantitative estimate of drug-likeness (QED) is 0.0261. The van der Waals surface area contributed by atoms with Crippen molar-refractivity contribution in [2.45, 2.75) is 397 Å². The van der Waals surface area contributed by atoms with Crippen molar-refractivity contribution in [1.29, 1.82) is 0 Å². The number of hydrogen-bond donors (Lipinski definition) is 6. The van der Waals surface area contributed by atoms with Gasteiger partial charge in [0.25, 0.3) is 0 Å². The van der Waals surface area contributed by atoms with Crippen LogP contribution in [0.1, 0.15) is 354 Å². The van der Waals surface area contributed by atoms with Gasteiger partial charge in [-0.15, -0.1) is 0 Å². The first-order chi connectivity index (χ1) is 38.3. The second-order valence-electron chi connectivity index (χ2n) is 24.3. The summed E-state index contributed by atoms with van der Waals surface area (Å²) in [4.78, 5) is 13.1. The zero-order chi connectivity index (χ0) is 56.5. The predicted octanol–water partition coefficient (Wildman–Crippen LogP) is 18.5. The Morgan fingerprint density at radius 3 is 1.04 bits per heavy atom. The van der Waals surface area contributed by atoms with E-state index < -0.39 is 49.5 Å². The molecule has 1 rings (SSSR count). The highest BCUT2D eigenvalue weighted by atomic mass is 16.7. The molecule has 0 aromatic rings. The smallest absolute Gasteiger partial charge is 0.220 e. The number of aliphatic hydroxyl groups excluding tert-OH is 5. The summed E-state index contributed by atoms with van der Waals surface area (Å²) < 4.78 is 11.3. The molecule has 9 nitrogen and oxygen atoms in total. The van der Waals surface area contributed by atoms with Crippen LogP contribution in [0, 0.1) is 0 Å². The van der Waals surface area contributed by atoms with Crippen LogP contribution in [-0.4, -0.2) is 87.5 Å². The standard InChI is InChI=1S/C69H133NO8/c1-3-5-7-9-11-13-15-17-19-21-23-25-27-28-29-30-31-32-33-34-35-37-38-40-42-44-46-48-50-52-54-56-58-63(72)62(61-77-69-68(76)67(75)66(74)64(60-71)78-69)70-65(73)59-57-55-53-51-49-47-45-43-41-39-36-26-24-22-20-18-16-14-12-10-8-6-4-2/h22,24,56,58,62-64,66-69,71-72,74-76H,3-21,23,25-55,57,59-61H2,1-2H3,(H,70,73)/b24-22-,58-56+. The highest BCUT2D eigenvalue weighted by Crippen LogP contribution is 2.23. The fraction of sp³-hybridized carbons (Fsp3) is 0.928. The maximum absolute atomic E-state index is 13.1. The van der Waals surface area contributed by atoms with E-state index in [2.05, 4.69) is 31.3 Å². The van der Waals surface area contributed by atoms with Crippen LogP contribution in [0.25, 0.3) is 0 Å². The molecule has 0 bridgehead atoms.